The third-order valence-corrected chi connectivity index (χ3v) is 7.24. The van der Waals surface area contributed by atoms with Crippen LogP contribution < -0.4 is 10.2 Å². The van der Waals surface area contributed by atoms with E-state index in [1.165, 1.54) is 23.4 Å². The molecule has 1 N–H and O–H groups in total. The summed E-state index contributed by atoms with van der Waals surface area (Å²) in [4.78, 5) is 27.0. The van der Waals surface area contributed by atoms with Crippen LogP contribution in [0.15, 0.2) is 47.4 Å². The van der Waals surface area contributed by atoms with E-state index in [1.807, 2.05) is 31.1 Å². The monoisotopic (exact) mass is 461 g/mol. The van der Waals surface area contributed by atoms with Gasteiger partial charge in [0, 0.05) is 38.6 Å². The molecule has 0 radical (unpaired) electrons. The van der Waals surface area contributed by atoms with E-state index in [9.17, 15) is 18.0 Å². The first-order valence-electron chi connectivity index (χ1n) is 10.4. The number of hydrogen-bond acceptors (Lipinski definition) is 6. The Bertz CT molecular complexity index is 1060. The summed E-state index contributed by atoms with van der Waals surface area (Å²) in [5.41, 5.74) is 2.15. The van der Waals surface area contributed by atoms with Crippen LogP contribution in [0.4, 0.5) is 11.4 Å². The fraction of sp³-hybridized carbons (Fsp3) is 0.391. The third kappa shape index (κ3) is 5.86. The van der Waals surface area contributed by atoms with Crippen LogP contribution in [0.2, 0.25) is 0 Å². The van der Waals surface area contributed by atoms with Crippen molar-refractivity contribution in [2.24, 2.45) is 0 Å². The lowest BCUT2D eigenvalue weighted by Crippen LogP contribution is -2.32. The summed E-state index contributed by atoms with van der Waals surface area (Å²) in [5, 5.41) is 2.70. The molecule has 0 saturated heterocycles. The predicted molar refractivity (Wildman–Crippen MR) is 126 cm³/mol. The van der Waals surface area contributed by atoms with Gasteiger partial charge in [0.25, 0.3) is 5.91 Å². The van der Waals surface area contributed by atoms with Crippen LogP contribution in [-0.2, 0) is 19.6 Å². The minimum absolute atomic E-state index is 0.0498. The number of rotatable bonds is 9. The summed E-state index contributed by atoms with van der Waals surface area (Å²) in [6.45, 7) is 7.28. The van der Waals surface area contributed by atoms with Crippen LogP contribution in [0.3, 0.4) is 0 Å². The van der Waals surface area contributed by atoms with Crippen LogP contribution in [0.5, 0.6) is 0 Å². The van der Waals surface area contributed by atoms with E-state index in [4.69, 9.17) is 4.74 Å². The van der Waals surface area contributed by atoms with E-state index in [1.54, 1.807) is 39.0 Å². The molecule has 0 heterocycles. The number of nitrogens with one attached hydrogen (secondary N) is 1. The molecule has 0 bridgehead atoms. The van der Waals surface area contributed by atoms with Gasteiger partial charge in [-0.05, 0) is 55.8 Å². The molecule has 174 valence electrons. The van der Waals surface area contributed by atoms with Crippen molar-refractivity contribution in [2.75, 3.05) is 37.4 Å². The summed E-state index contributed by atoms with van der Waals surface area (Å²) in [6, 6.07) is 11.6. The first kappa shape index (κ1) is 25.4. The van der Waals surface area contributed by atoms with Crippen molar-refractivity contribution in [1.29, 1.82) is 0 Å². The zero-order valence-electron chi connectivity index (χ0n) is 19.4. The topological polar surface area (TPSA) is 96.0 Å². The minimum atomic E-state index is -3.74. The molecule has 9 heteroatoms. The highest BCUT2D eigenvalue weighted by Gasteiger charge is 2.26. The summed E-state index contributed by atoms with van der Waals surface area (Å²) in [7, 11) is 0.0908. The molecular weight excluding hydrogens is 430 g/mol. The Labute approximate surface area is 190 Å². The van der Waals surface area contributed by atoms with Crippen molar-refractivity contribution >= 4 is 33.3 Å². The summed E-state index contributed by atoms with van der Waals surface area (Å²) in [6.07, 6.45) is -1.07. The number of carbonyl (C=O) groups excluding carboxylic acids is 2. The molecule has 1 unspecified atom stereocenters. The average Bonchev–Trinajstić information content (AvgIpc) is 2.74. The van der Waals surface area contributed by atoms with Gasteiger partial charge < -0.3 is 15.0 Å². The van der Waals surface area contributed by atoms with Gasteiger partial charge in [0.05, 0.1) is 10.5 Å². The van der Waals surface area contributed by atoms with Crippen LogP contribution in [0.25, 0.3) is 0 Å². The molecule has 2 aromatic carbocycles. The van der Waals surface area contributed by atoms with Gasteiger partial charge in [-0.1, -0.05) is 19.9 Å². The molecule has 8 nitrogen and oxygen atoms in total. The maximum Gasteiger partial charge on any atom is 0.338 e. The van der Waals surface area contributed by atoms with Gasteiger partial charge in [0.2, 0.25) is 10.0 Å². The Morgan fingerprint density at radius 1 is 1.03 bits per heavy atom. The molecule has 32 heavy (non-hydrogen) atoms. The maximum absolute atomic E-state index is 12.9. The quantitative estimate of drug-likeness (QED) is 0.576. The summed E-state index contributed by atoms with van der Waals surface area (Å²) >= 11 is 0. The normalized spacial score (nSPS) is 12.3. The second-order valence-electron chi connectivity index (χ2n) is 7.55. The SMILES string of the molecule is CCN(CC)S(=O)(=O)c1cc(C(=O)OC(C)C(=O)Nc2ccc(N(C)C)cc2)ccc1C. The van der Waals surface area contributed by atoms with E-state index in [2.05, 4.69) is 5.32 Å². The molecule has 0 fully saturated rings. The number of amides is 1. The van der Waals surface area contributed by atoms with Crippen LogP contribution in [-0.4, -0.2) is 57.9 Å². The molecule has 0 saturated carbocycles. The maximum atomic E-state index is 12.9. The lowest BCUT2D eigenvalue weighted by atomic mass is 10.1. The predicted octanol–water partition coefficient (Wildman–Crippen LogP) is 3.28. The Hall–Kier alpha value is -2.91. The smallest absolute Gasteiger partial charge is 0.338 e. The lowest BCUT2D eigenvalue weighted by Gasteiger charge is -2.20. The first-order chi connectivity index (χ1) is 15.0. The van der Waals surface area contributed by atoms with Gasteiger partial charge in [-0.2, -0.15) is 4.31 Å². The van der Waals surface area contributed by atoms with Crippen LogP contribution in [0, 0.1) is 6.92 Å². The molecular formula is C23H31N3O5S. The van der Waals surface area contributed by atoms with E-state index in [0.29, 0.717) is 24.3 Å². The number of carbonyl (C=O) groups is 2. The lowest BCUT2D eigenvalue weighted by molar-refractivity contribution is -0.123. The molecule has 0 aromatic heterocycles. The van der Waals surface area contributed by atoms with Gasteiger partial charge in [-0.25, -0.2) is 13.2 Å². The molecule has 1 amide bonds. The Morgan fingerprint density at radius 3 is 2.16 bits per heavy atom. The number of nitrogens with zero attached hydrogens (tertiary/aromatic N) is 2. The highest BCUT2D eigenvalue weighted by Crippen LogP contribution is 2.22. The Morgan fingerprint density at radius 2 is 1.62 bits per heavy atom. The number of anilines is 2. The van der Waals surface area contributed by atoms with Crippen LogP contribution >= 0.6 is 0 Å². The number of benzene rings is 2. The van der Waals surface area contributed by atoms with E-state index in [-0.39, 0.29) is 10.5 Å². The third-order valence-electron chi connectivity index (χ3n) is 5.05. The van der Waals surface area contributed by atoms with Crippen molar-refractivity contribution in [3.05, 3.63) is 53.6 Å². The second kappa shape index (κ2) is 10.6. The van der Waals surface area contributed by atoms with Gasteiger partial charge in [-0.3, -0.25) is 4.79 Å². The number of aryl methyl sites for hydroxylation is 1. The summed E-state index contributed by atoms with van der Waals surface area (Å²) < 4.78 is 32.4. The first-order valence-corrected chi connectivity index (χ1v) is 11.8. The number of sulfonamides is 1. The highest BCUT2D eigenvalue weighted by molar-refractivity contribution is 7.89. The van der Waals surface area contributed by atoms with Crippen LogP contribution in [0.1, 0.15) is 36.7 Å². The molecule has 2 rings (SSSR count). The number of esters is 1. The van der Waals surface area contributed by atoms with Crippen molar-refractivity contribution < 1.29 is 22.7 Å². The molecule has 2 aromatic rings. The van der Waals surface area contributed by atoms with Gasteiger partial charge >= 0.3 is 5.97 Å². The standard InChI is InChI=1S/C23H31N3O5S/c1-7-26(8-2)32(29,30)21-15-18(10-9-16(21)3)23(28)31-17(4)22(27)24-19-11-13-20(14-12-19)25(5)6/h9-15,17H,7-8H2,1-6H3,(H,24,27). The van der Waals surface area contributed by atoms with Gasteiger partial charge in [0.1, 0.15) is 0 Å². The van der Waals surface area contributed by atoms with Gasteiger partial charge in [0.15, 0.2) is 6.10 Å². The minimum Gasteiger partial charge on any atom is -0.449 e. The van der Waals surface area contributed by atoms with E-state index in [0.717, 1.165) is 5.69 Å². The Kier molecular flexibility index (Phi) is 8.40. The van der Waals surface area contributed by atoms with E-state index >= 15 is 0 Å². The number of hydrogen-bond donors (Lipinski definition) is 1. The average molecular weight is 462 g/mol. The molecule has 1 atom stereocenters. The van der Waals surface area contributed by atoms with Crippen molar-refractivity contribution in [2.45, 2.75) is 38.7 Å². The molecule has 0 aliphatic rings. The van der Waals surface area contributed by atoms with Crippen molar-refractivity contribution in [3.8, 4) is 0 Å². The molecule has 0 aliphatic heterocycles. The Balaban J connectivity index is 2.13. The molecule has 0 spiro atoms. The molecule has 0 aliphatic carbocycles. The fourth-order valence-electron chi connectivity index (χ4n) is 3.08. The highest BCUT2D eigenvalue weighted by atomic mass is 32.2. The summed E-state index contributed by atoms with van der Waals surface area (Å²) in [5.74, 6) is -1.26. The van der Waals surface area contributed by atoms with Gasteiger partial charge in [-0.15, -0.1) is 0 Å². The van der Waals surface area contributed by atoms with Crippen molar-refractivity contribution in [3.63, 3.8) is 0 Å². The number of ether oxygens (including phenoxy) is 1. The largest absolute Gasteiger partial charge is 0.449 e. The zero-order chi connectivity index (χ0) is 24.1. The van der Waals surface area contributed by atoms with E-state index < -0.39 is 28.0 Å². The zero-order valence-corrected chi connectivity index (χ0v) is 20.2. The fourth-order valence-corrected chi connectivity index (χ4v) is 4.79. The van der Waals surface area contributed by atoms with Crippen molar-refractivity contribution in [1.82, 2.24) is 4.31 Å². The second-order valence-corrected chi connectivity index (χ2v) is 9.45.